The molecule has 0 unspecified atom stereocenters. The van der Waals surface area contributed by atoms with Crippen LogP contribution in [0.15, 0.2) is 48.8 Å². The molecule has 2 amide bonds. The molecule has 3 heterocycles. The maximum Gasteiger partial charge on any atom is 0.335 e. The molecule has 11 nitrogen and oxygen atoms in total. The molecule has 11 heteroatoms. The summed E-state index contributed by atoms with van der Waals surface area (Å²) in [6, 6.07) is 11.2. The fourth-order valence-corrected chi connectivity index (χ4v) is 4.60. The number of pyridine rings is 1. The van der Waals surface area contributed by atoms with Gasteiger partial charge >= 0.3 is 5.97 Å². The molecule has 4 aromatic rings. The summed E-state index contributed by atoms with van der Waals surface area (Å²) in [5.41, 5.74) is 4.23. The highest BCUT2D eigenvalue weighted by molar-refractivity contribution is 5.98. The normalized spacial score (nSPS) is 14.1. The molecule has 3 N–H and O–H groups in total. The van der Waals surface area contributed by atoms with E-state index in [2.05, 4.69) is 25.7 Å². The van der Waals surface area contributed by atoms with E-state index in [0.29, 0.717) is 29.6 Å². The second-order valence-corrected chi connectivity index (χ2v) is 8.65. The summed E-state index contributed by atoms with van der Waals surface area (Å²) in [6.07, 6.45) is 4.26. The van der Waals surface area contributed by atoms with Gasteiger partial charge in [0.25, 0.3) is 11.8 Å². The van der Waals surface area contributed by atoms with Gasteiger partial charge in [-0.2, -0.15) is 10.4 Å². The molecule has 0 aliphatic heterocycles. The lowest BCUT2D eigenvalue weighted by molar-refractivity contribution is 0.0695. The molecule has 1 aromatic carbocycles. The first-order valence-corrected chi connectivity index (χ1v) is 11.5. The zero-order valence-electron chi connectivity index (χ0n) is 19.7. The van der Waals surface area contributed by atoms with E-state index in [-0.39, 0.29) is 35.2 Å². The first-order chi connectivity index (χ1) is 17.9. The summed E-state index contributed by atoms with van der Waals surface area (Å²) >= 11 is 0. The van der Waals surface area contributed by atoms with Crippen LogP contribution in [0.1, 0.15) is 71.7 Å². The van der Waals surface area contributed by atoms with Crippen molar-refractivity contribution < 1.29 is 19.5 Å². The number of hydrogen-bond acceptors (Lipinski definition) is 7. The molecule has 1 aliphatic carbocycles. The Morgan fingerprint density at radius 3 is 2.78 bits per heavy atom. The van der Waals surface area contributed by atoms with Crippen molar-refractivity contribution in [1.82, 2.24) is 30.2 Å². The van der Waals surface area contributed by atoms with Crippen LogP contribution in [0.3, 0.4) is 0 Å². The van der Waals surface area contributed by atoms with Crippen molar-refractivity contribution in [1.29, 1.82) is 5.26 Å². The van der Waals surface area contributed by atoms with Crippen molar-refractivity contribution in [3.8, 4) is 6.07 Å². The zero-order chi connectivity index (χ0) is 26.1. The van der Waals surface area contributed by atoms with E-state index in [9.17, 15) is 19.5 Å². The van der Waals surface area contributed by atoms with Crippen molar-refractivity contribution in [2.45, 2.75) is 32.4 Å². The third kappa shape index (κ3) is 4.48. The Morgan fingerprint density at radius 2 is 2.00 bits per heavy atom. The van der Waals surface area contributed by atoms with Gasteiger partial charge < -0.3 is 15.7 Å². The van der Waals surface area contributed by atoms with E-state index in [0.717, 1.165) is 11.1 Å². The zero-order valence-corrected chi connectivity index (χ0v) is 19.7. The number of carboxylic acids is 1. The van der Waals surface area contributed by atoms with Crippen LogP contribution in [0.4, 0.5) is 0 Å². The Kier molecular flexibility index (Phi) is 6.07. The number of nitrogens with zero attached hydrogens (tertiary/aromatic N) is 5. The van der Waals surface area contributed by atoms with Crippen LogP contribution in [-0.4, -0.2) is 42.5 Å². The number of aromatic carboxylic acids is 1. The molecule has 0 spiro atoms. The first kappa shape index (κ1) is 23.6. The maximum atomic E-state index is 13.3. The van der Waals surface area contributed by atoms with Gasteiger partial charge in [0.2, 0.25) is 0 Å². The quantitative estimate of drug-likeness (QED) is 0.367. The molecule has 1 aliphatic rings. The van der Waals surface area contributed by atoms with Gasteiger partial charge in [-0.05, 0) is 60.2 Å². The molecular weight excluding hydrogens is 474 g/mol. The fourth-order valence-electron chi connectivity index (χ4n) is 4.60. The number of fused-ring (bicyclic) bond motifs is 2. The van der Waals surface area contributed by atoms with E-state index < -0.39 is 17.8 Å². The van der Waals surface area contributed by atoms with E-state index in [1.54, 1.807) is 37.3 Å². The Hall–Kier alpha value is -5.11. The molecule has 3 aromatic heterocycles. The Balaban J connectivity index is 1.38. The van der Waals surface area contributed by atoms with Gasteiger partial charge in [0.1, 0.15) is 23.2 Å². The summed E-state index contributed by atoms with van der Waals surface area (Å²) in [7, 11) is 0. The molecule has 1 atom stereocenters. The van der Waals surface area contributed by atoms with Crippen LogP contribution >= 0.6 is 0 Å². The van der Waals surface area contributed by atoms with Gasteiger partial charge in [0, 0.05) is 24.9 Å². The summed E-state index contributed by atoms with van der Waals surface area (Å²) in [5.74, 6) is -1.90. The van der Waals surface area contributed by atoms with Crippen molar-refractivity contribution in [3.63, 3.8) is 0 Å². The summed E-state index contributed by atoms with van der Waals surface area (Å²) in [4.78, 5) is 45.9. The number of aromatic nitrogens is 4. The van der Waals surface area contributed by atoms with Crippen molar-refractivity contribution >= 4 is 23.4 Å². The molecule has 0 saturated heterocycles. The second-order valence-electron chi connectivity index (χ2n) is 8.65. The average Bonchev–Trinajstić information content (AvgIpc) is 3.54. The number of nitriles is 1. The van der Waals surface area contributed by atoms with Gasteiger partial charge in [-0.3, -0.25) is 9.59 Å². The standard InChI is InChI=1S/C26H21N7O4/c1-14-17-4-5-20(19(17)3-2-18(14)26(36)37)32-25(35)22-11-21(31-23-7-9-30-33(22)23)24(34)29-13-15-6-8-28-16(10-15)12-27/h2-3,6-11,20H,4-5,13H2,1H3,(H,29,34)(H,32,35)(H,36,37)/t20-/m1/s1. The molecule has 5 rings (SSSR count). The predicted molar refractivity (Wildman–Crippen MR) is 130 cm³/mol. The molecule has 37 heavy (non-hydrogen) atoms. The number of hydrogen-bond donors (Lipinski definition) is 3. The number of amides is 2. The summed E-state index contributed by atoms with van der Waals surface area (Å²) in [6.45, 7) is 1.93. The Morgan fingerprint density at radius 1 is 1.16 bits per heavy atom. The summed E-state index contributed by atoms with van der Waals surface area (Å²) < 4.78 is 1.36. The molecule has 0 saturated carbocycles. The maximum absolute atomic E-state index is 13.3. The minimum absolute atomic E-state index is 0.0430. The minimum atomic E-state index is -0.981. The third-order valence-corrected chi connectivity index (χ3v) is 6.45. The average molecular weight is 495 g/mol. The predicted octanol–water partition coefficient (Wildman–Crippen LogP) is 2.35. The van der Waals surface area contributed by atoms with Crippen LogP contribution in [0.2, 0.25) is 0 Å². The van der Waals surface area contributed by atoms with E-state index in [4.69, 9.17) is 5.26 Å². The van der Waals surface area contributed by atoms with Crippen LogP contribution in [0.25, 0.3) is 5.65 Å². The smallest absolute Gasteiger partial charge is 0.335 e. The number of rotatable bonds is 6. The van der Waals surface area contributed by atoms with E-state index >= 15 is 0 Å². The van der Waals surface area contributed by atoms with Gasteiger partial charge in [-0.15, -0.1) is 0 Å². The highest BCUT2D eigenvalue weighted by atomic mass is 16.4. The molecule has 0 fully saturated rings. The molecular formula is C26H21N7O4. The fraction of sp³-hybridized carbons (Fsp3) is 0.192. The SMILES string of the molecule is Cc1c(C(=O)O)ccc2c1CC[C@H]2NC(=O)c1cc(C(=O)NCc2ccnc(C#N)c2)nc2ccnn12. The lowest BCUT2D eigenvalue weighted by Crippen LogP contribution is -2.30. The highest BCUT2D eigenvalue weighted by Gasteiger charge is 2.28. The van der Waals surface area contributed by atoms with Gasteiger partial charge in [0.05, 0.1) is 17.8 Å². The first-order valence-electron chi connectivity index (χ1n) is 11.5. The largest absolute Gasteiger partial charge is 0.478 e. The second kappa shape index (κ2) is 9.50. The van der Waals surface area contributed by atoms with Crippen LogP contribution in [0.5, 0.6) is 0 Å². The van der Waals surface area contributed by atoms with Gasteiger partial charge in [-0.1, -0.05) is 6.07 Å². The van der Waals surface area contributed by atoms with Crippen molar-refractivity contribution in [2.75, 3.05) is 0 Å². The van der Waals surface area contributed by atoms with E-state index in [1.165, 1.54) is 23.0 Å². The number of carbonyl (C=O) groups is 3. The summed E-state index contributed by atoms with van der Waals surface area (Å²) in [5, 5.41) is 28.3. The number of carbonyl (C=O) groups excluding carboxylic acids is 2. The van der Waals surface area contributed by atoms with Crippen LogP contribution in [-0.2, 0) is 13.0 Å². The Bertz CT molecular complexity index is 1620. The van der Waals surface area contributed by atoms with E-state index in [1.807, 2.05) is 6.07 Å². The van der Waals surface area contributed by atoms with Gasteiger partial charge in [0.15, 0.2) is 5.65 Å². The highest BCUT2D eigenvalue weighted by Crippen LogP contribution is 2.34. The van der Waals surface area contributed by atoms with Gasteiger partial charge in [-0.25, -0.2) is 19.3 Å². The third-order valence-electron chi connectivity index (χ3n) is 6.45. The van der Waals surface area contributed by atoms with Crippen LogP contribution < -0.4 is 10.6 Å². The Labute approximate surface area is 210 Å². The lowest BCUT2D eigenvalue weighted by Gasteiger charge is -2.16. The number of nitrogens with one attached hydrogen (secondary N) is 2. The number of benzene rings is 1. The molecule has 184 valence electrons. The minimum Gasteiger partial charge on any atom is -0.478 e. The number of carboxylic acid groups (broad SMARTS) is 1. The molecule has 0 bridgehead atoms. The monoisotopic (exact) mass is 495 g/mol. The van der Waals surface area contributed by atoms with Crippen molar-refractivity contribution in [2.24, 2.45) is 0 Å². The topological polar surface area (TPSA) is 162 Å². The molecule has 0 radical (unpaired) electrons. The lowest BCUT2D eigenvalue weighted by atomic mass is 9.98. The van der Waals surface area contributed by atoms with Crippen LogP contribution in [0, 0.1) is 18.3 Å². The van der Waals surface area contributed by atoms with Crippen molar-refractivity contribution in [3.05, 3.63) is 93.7 Å².